The number of pyridine rings is 1. The van der Waals surface area contributed by atoms with E-state index in [2.05, 4.69) is 9.71 Å². The number of aromatic nitrogens is 1. The van der Waals surface area contributed by atoms with Crippen molar-refractivity contribution in [1.82, 2.24) is 9.71 Å². The molecule has 0 saturated carbocycles. The van der Waals surface area contributed by atoms with Crippen molar-refractivity contribution >= 4 is 15.8 Å². The van der Waals surface area contributed by atoms with Gasteiger partial charge < -0.3 is 15.8 Å². The average Bonchev–Trinajstić information content (AvgIpc) is 2.45. The number of nitro groups is 1. The SMILES string of the molecule is CCC(CC)(CN)NS(=O)(=O)c1ccc([N+](=O)[O-])nc1. The van der Waals surface area contributed by atoms with Crippen molar-refractivity contribution in [3.05, 3.63) is 28.4 Å². The number of nitrogens with two attached hydrogens (primary N) is 1. The highest BCUT2D eigenvalue weighted by atomic mass is 32.2. The summed E-state index contributed by atoms with van der Waals surface area (Å²) in [6, 6.07) is 2.21. The number of rotatable bonds is 7. The van der Waals surface area contributed by atoms with Crippen LogP contribution < -0.4 is 10.5 Å². The highest BCUT2D eigenvalue weighted by molar-refractivity contribution is 7.89. The van der Waals surface area contributed by atoms with Crippen LogP contribution in [0.2, 0.25) is 0 Å². The Balaban J connectivity index is 3.07. The van der Waals surface area contributed by atoms with E-state index in [4.69, 9.17) is 5.73 Å². The third-order valence-corrected chi connectivity index (χ3v) is 4.88. The van der Waals surface area contributed by atoms with Gasteiger partial charge in [-0.25, -0.2) is 13.1 Å². The Morgan fingerprint density at radius 3 is 2.35 bits per heavy atom. The molecule has 1 heterocycles. The summed E-state index contributed by atoms with van der Waals surface area (Å²) in [6.07, 6.45) is 2.05. The first-order valence-electron chi connectivity index (χ1n) is 6.14. The molecule has 0 spiro atoms. The van der Waals surface area contributed by atoms with Crippen LogP contribution in [-0.4, -0.2) is 30.4 Å². The van der Waals surface area contributed by atoms with Gasteiger partial charge in [-0.15, -0.1) is 0 Å². The summed E-state index contributed by atoms with van der Waals surface area (Å²) in [7, 11) is -3.81. The second-order valence-corrected chi connectivity index (χ2v) is 6.09. The second-order valence-electron chi connectivity index (χ2n) is 4.41. The lowest BCUT2D eigenvalue weighted by Crippen LogP contribution is -2.52. The van der Waals surface area contributed by atoms with Gasteiger partial charge in [0.15, 0.2) is 6.20 Å². The fraction of sp³-hybridized carbons (Fsp3) is 0.545. The van der Waals surface area contributed by atoms with Gasteiger partial charge in [0.2, 0.25) is 10.0 Å². The largest absolute Gasteiger partial charge is 0.363 e. The van der Waals surface area contributed by atoms with Crippen LogP contribution in [0.25, 0.3) is 0 Å². The highest BCUT2D eigenvalue weighted by Crippen LogP contribution is 2.19. The minimum Gasteiger partial charge on any atom is -0.358 e. The monoisotopic (exact) mass is 302 g/mol. The summed E-state index contributed by atoms with van der Waals surface area (Å²) in [4.78, 5) is 13.2. The molecule has 20 heavy (non-hydrogen) atoms. The van der Waals surface area contributed by atoms with E-state index in [-0.39, 0.29) is 11.4 Å². The maximum Gasteiger partial charge on any atom is 0.363 e. The van der Waals surface area contributed by atoms with Gasteiger partial charge in [0.1, 0.15) is 4.90 Å². The maximum atomic E-state index is 12.2. The lowest BCUT2D eigenvalue weighted by molar-refractivity contribution is -0.389. The predicted molar refractivity (Wildman–Crippen MR) is 73.6 cm³/mol. The van der Waals surface area contributed by atoms with E-state index in [1.165, 1.54) is 0 Å². The summed E-state index contributed by atoms with van der Waals surface area (Å²) < 4.78 is 27.0. The fourth-order valence-corrected chi connectivity index (χ4v) is 3.21. The molecule has 3 N–H and O–H groups in total. The topological polar surface area (TPSA) is 128 Å². The van der Waals surface area contributed by atoms with Crippen molar-refractivity contribution in [2.45, 2.75) is 37.1 Å². The summed E-state index contributed by atoms with van der Waals surface area (Å²) in [5.41, 5.74) is 4.92. The Morgan fingerprint density at radius 1 is 1.40 bits per heavy atom. The van der Waals surface area contributed by atoms with E-state index < -0.39 is 26.3 Å². The molecule has 0 aromatic carbocycles. The number of nitrogens with one attached hydrogen (secondary N) is 1. The van der Waals surface area contributed by atoms with Crippen LogP contribution in [0.4, 0.5) is 5.82 Å². The first kappa shape index (κ1) is 16.5. The van der Waals surface area contributed by atoms with Crippen LogP contribution in [0.15, 0.2) is 23.2 Å². The van der Waals surface area contributed by atoms with Gasteiger partial charge in [-0.3, -0.25) is 0 Å². The summed E-state index contributed by atoms with van der Waals surface area (Å²) in [5.74, 6) is -0.403. The van der Waals surface area contributed by atoms with E-state index in [9.17, 15) is 18.5 Å². The van der Waals surface area contributed by atoms with Crippen LogP contribution in [0.1, 0.15) is 26.7 Å². The molecule has 8 nitrogen and oxygen atoms in total. The molecule has 1 aromatic rings. The van der Waals surface area contributed by atoms with Crippen LogP contribution in [0.5, 0.6) is 0 Å². The molecule has 0 aliphatic heterocycles. The maximum absolute atomic E-state index is 12.2. The van der Waals surface area contributed by atoms with Crippen molar-refractivity contribution in [2.24, 2.45) is 5.73 Å². The first-order chi connectivity index (χ1) is 9.30. The first-order valence-corrected chi connectivity index (χ1v) is 7.63. The smallest absolute Gasteiger partial charge is 0.358 e. The van der Waals surface area contributed by atoms with E-state index in [1.807, 2.05) is 13.8 Å². The highest BCUT2D eigenvalue weighted by Gasteiger charge is 2.31. The van der Waals surface area contributed by atoms with Gasteiger partial charge in [-0.05, 0) is 28.8 Å². The zero-order valence-electron chi connectivity index (χ0n) is 11.4. The molecule has 0 aliphatic rings. The minimum absolute atomic E-state index is 0.122. The standard InChI is InChI=1S/C11H18N4O4S/c1-3-11(4-2,8-12)14-20(18,19)9-5-6-10(13-7-9)15(16)17/h5-7,14H,3-4,8,12H2,1-2H3. The number of hydrogen-bond acceptors (Lipinski definition) is 6. The predicted octanol–water partition coefficient (Wildman–Crippen LogP) is 0.786. The van der Waals surface area contributed by atoms with Crippen molar-refractivity contribution < 1.29 is 13.3 Å². The third-order valence-electron chi connectivity index (χ3n) is 3.31. The van der Waals surface area contributed by atoms with Crippen LogP contribution >= 0.6 is 0 Å². The Kier molecular flexibility index (Phi) is 5.15. The molecule has 0 unspecified atom stereocenters. The molecular formula is C11H18N4O4S. The van der Waals surface area contributed by atoms with Gasteiger partial charge in [0.05, 0.1) is 0 Å². The molecule has 1 rings (SSSR count). The molecule has 0 amide bonds. The Morgan fingerprint density at radius 2 is 2.00 bits per heavy atom. The Labute approximate surface area is 117 Å². The van der Waals surface area contributed by atoms with Crippen LogP contribution in [0, 0.1) is 10.1 Å². The summed E-state index contributed by atoms with van der Waals surface area (Å²) in [6.45, 7) is 3.85. The number of sulfonamides is 1. The van der Waals surface area contributed by atoms with Gasteiger partial charge in [-0.1, -0.05) is 13.8 Å². The summed E-state index contributed by atoms with van der Waals surface area (Å²) >= 11 is 0. The fourth-order valence-electron chi connectivity index (χ4n) is 1.71. The van der Waals surface area contributed by atoms with Crippen molar-refractivity contribution in [2.75, 3.05) is 6.54 Å². The van der Waals surface area contributed by atoms with Gasteiger partial charge >= 0.3 is 5.82 Å². The molecule has 112 valence electrons. The van der Waals surface area contributed by atoms with Crippen LogP contribution in [-0.2, 0) is 10.0 Å². The Hall–Kier alpha value is -1.58. The number of nitrogens with zero attached hydrogens (tertiary/aromatic N) is 2. The van der Waals surface area contributed by atoms with Crippen LogP contribution in [0.3, 0.4) is 0 Å². The molecule has 1 aromatic heterocycles. The zero-order chi connectivity index (χ0) is 15.4. The van der Waals surface area contributed by atoms with Crippen molar-refractivity contribution in [3.8, 4) is 0 Å². The molecule has 0 fully saturated rings. The second kappa shape index (κ2) is 6.25. The molecule has 0 saturated heterocycles. The lowest BCUT2D eigenvalue weighted by atomic mass is 9.95. The van der Waals surface area contributed by atoms with Gasteiger partial charge in [0.25, 0.3) is 0 Å². The van der Waals surface area contributed by atoms with E-state index >= 15 is 0 Å². The minimum atomic E-state index is -3.81. The van der Waals surface area contributed by atoms with E-state index in [1.54, 1.807) is 0 Å². The van der Waals surface area contributed by atoms with E-state index in [0.29, 0.717) is 12.8 Å². The average molecular weight is 302 g/mol. The molecule has 0 radical (unpaired) electrons. The molecule has 0 bridgehead atoms. The van der Waals surface area contributed by atoms with Crippen molar-refractivity contribution in [1.29, 1.82) is 0 Å². The quantitative estimate of drug-likeness (QED) is 0.566. The Bertz CT molecular complexity index is 558. The molecule has 0 atom stereocenters. The molecule has 0 aliphatic carbocycles. The zero-order valence-corrected chi connectivity index (χ0v) is 12.2. The molecular weight excluding hydrogens is 284 g/mol. The lowest BCUT2D eigenvalue weighted by Gasteiger charge is -2.30. The summed E-state index contributed by atoms with van der Waals surface area (Å²) in [5, 5.41) is 10.5. The van der Waals surface area contributed by atoms with Crippen molar-refractivity contribution in [3.63, 3.8) is 0 Å². The van der Waals surface area contributed by atoms with E-state index in [0.717, 1.165) is 18.3 Å². The normalized spacial score (nSPS) is 12.3. The third kappa shape index (κ3) is 3.50. The number of hydrogen-bond donors (Lipinski definition) is 2. The molecule has 9 heteroatoms. The van der Waals surface area contributed by atoms with Gasteiger partial charge in [-0.2, -0.15) is 0 Å². The van der Waals surface area contributed by atoms with Gasteiger partial charge in [0, 0.05) is 18.2 Å².